The maximum absolute atomic E-state index is 12.3. The van der Waals surface area contributed by atoms with Crippen LogP contribution in [0.5, 0.6) is 0 Å². The molecule has 2 aliphatic heterocycles. The maximum atomic E-state index is 12.3. The number of benzene rings is 1. The number of carbonyl (C=O) groups excluding carboxylic acids is 1. The number of anilines is 1. The van der Waals surface area contributed by atoms with Crippen LogP contribution in [0.3, 0.4) is 0 Å². The van der Waals surface area contributed by atoms with Gasteiger partial charge in [0.1, 0.15) is 0 Å². The van der Waals surface area contributed by atoms with Crippen LogP contribution in [0.2, 0.25) is 5.02 Å². The van der Waals surface area contributed by atoms with Crippen LogP contribution in [0.25, 0.3) is 0 Å². The molecule has 0 bridgehead atoms. The van der Waals surface area contributed by atoms with Crippen molar-refractivity contribution in [3.05, 3.63) is 29.3 Å². The van der Waals surface area contributed by atoms with Crippen molar-refractivity contribution in [1.29, 1.82) is 0 Å². The third-order valence-corrected chi connectivity index (χ3v) is 5.67. The van der Waals surface area contributed by atoms with Gasteiger partial charge in [0.05, 0.1) is 0 Å². The van der Waals surface area contributed by atoms with Crippen molar-refractivity contribution >= 4 is 35.1 Å². The fourth-order valence-corrected chi connectivity index (χ4v) is 4.38. The number of urea groups is 1. The summed E-state index contributed by atoms with van der Waals surface area (Å²) in [4.78, 5) is 16.8. The Labute approximate surface area is 141 Å². The van der Waals surface area contributed by atoms with Gasteiger partial charge in [-0.1, -0.05) is 17.7 Å². The fraction of sp³-hybridized carbons (Fsp3) is 0.562. The molecular formula is C16H22ClN3OS. The third-order valence-electron chi connectivity index (χ3n) is 4.38. The van der Waals surface area contributed by atoms with E-state index in [-0.39, 0.29) is 6.03 Å². The van der Waals surface area contributed by atoms with E-state index in [1.165, 1.54) is 24.3 Å². The molecule has 0 radical (unpaired) electrons. The molecule has 1 aromatic rings. The SMILES string of the molecule is O=C(Nc1cccc(Cl)c1)N1CCN(C2CCSCC2)CC1. The number of hydrogen-bond acceptors (Lipinski definition) is 3. The topological polar surface area (TPSA) is 35.6 Å². The van der Waals surface area contributed by atoms with Crippen LogP contribution in [0, 0.1) is 0 Å². The molecule has 0 atom stereocenters. The van der Waals surface area contributed by atoms with Crippen molar-refractivity contribution in [3.8, 4) is 0 Å². The lowest BCUT2D eigenvalue weighted by atomic mass is 10.1. The minimum Gasteiger partial charge on any atom is -0.322 e. The van der Waals surface area contributed by atoms with Gasteiger partial charge in [-0.2, -0.15) is 11.8 Å². The minimum atomic E-state index is -0.0267. The zero-order chi connectivity index (χ0) is 15.4. The first-order valence-electron chi connectivity index (χ1n) is 7.86. The van der Waals surface area contributed by atoms with Crippen LogP contribution in [0.1, 0.15) is 12.8 Å². The summed E-state index contributed by atoms with van der Waals surface area (Å²) in [6.07, 6.45) is 2.58. The number of rotatable bonds is 2. The lowest BCUT2D eigenvalue weighted by Gasteiger charge is -2.40. The summed E-state index contributed by atoms with van der Waals surface area (Å²) in [7, 11) is 0. The summed E-state index contributed by atoms with van der Waals surface area (Å²) in [5.74, 6) is 2.56. The van der Waals surface area contributed by atoms with Gasteiger partial charge in [0.25, 0.3) is 0 Å². The number of piperazine rings is 1. The second-order valence-corrected chi connectivity index (χ2v) is 7.47. The molecule has 0 aromatic heterocycles. The van der Waals surface area contributed by atoms with Crippen molar-refractivity contribution in [2.45, 2.75) is 18.9 Å². The lowest BCUT2D eigenvalue weighted by Crippen LogP contribution is -2.53. The minimum absolute atomic E-state index is 0.0267. The highest BCUT2D eigenvalue weighted by Crippen LogP contribution is 2.23. The predicted octanol–water partition coefficient (Wildman–Crippen LogP) is 3.39. The Morgan fingerprint density at radius 1 is 1.18 bits per heavy atom. The molecule has 0 unspecified atom stereocenters. The summed E-state index contributed by atoms with van der Waals surface area (Å²) in [6.45, 7) is 3.57. The molecule has 2 fully saturated rings. The second kappa shape index (κ2) is 7.57. The quantitative estimate of drug-likeness (QED) is 0.897. The Kier molecular flexibility index (Phi) is 5.50. The zero-order valence-electron chi connectivity index (χ0n) is 12.6. The molecule has 2 amide bonds. The van der Waals surface area contributed by atoms with E-state index in [0.717, 1.165) is 37.9 Å². The van der Waals surface area contributed by atoms with Gasteiger partial charge < -0.3 is 10.2 Å². The van der Waals surface area contributed by atoms with Gasteiger partial charge in [-0.25, -0.2) is 4.79 Å². The monoisotopic (exact) mass is 339 g/mol. The van der Waals surface area contributed by atoms with Crippen molar-refractivity contribution < 1.29 is 4.79 Å². The fourth-order valence-electron chi connectivity index (χ4n) is 3.11. The van der Waals surface area contributed by atoms with E-state index in [1.54, 1.807) is 12.1 Å². The molecule has 0 saturated carbocycles. The summed E-state index contributed by atoms with van der Waals surface area (Å²) < 4.78 is 0. The Balaban J connectivity index is 1.49. The van der Waals surface area contributed by atoms with Gasteiger partial charge in [-0.15, -0.1) is 0 Å². The average molecular weight is 340 g/mol. The average Bonchev–Trinajstić information content (AvgIpc) is 2.56. The summed E-state index contributed by atoms with van der Waals surface area (Å²) in [5, 5.41) is 3.56. The zero-order valence-corrected chi connectivity index (χ0v) is 14.2. The highest BCUT2D eigenvalue weighted by atomic mass is 35.5. The number of nitrogens with zero attached hydrogens (tertiary/aromatic N) is 2. The van der Waals surface area contributed by atoms with Crippen LogP contribution < -0.4 is 5.32 Å². The summed E-state index contributed by atoms with van der Waals surface area (Å²) >= 11 is 8.00. The Hall–Kier alpha value is -0.910. The van der Waals surface area contributed by atoms with Gasteiger partial charge in [0, 0.05) is 42.9 Å². The Morgan fingerprint density at radius 3 is 2.59 bits per heavy atom. The van der Waals surface area contributed by atoms with E-state index in [0.29, 0.717) is 5.02 Å². The van der Waals surface area contributed by atoms with Crippen LogP contribution in [-0.2, 0) is 0 Å². The molecule has 2 heterocycles. The van der Waals surface area contributed by atoms with E-state index >= 15 is 0 Å². The molecule has 0 aliphatic carbocycles. The molecule has 22 heavy (non-hydrogen) atoms. The Morgan fingerprint density at radius 2 is 1.91 bits per heavy atom. The highest BCUT2D eigenvalue weighted by Gasteiger charge is 2.27. The molecule has 0 spiro atoms. The summed E-state index contributed by atoms with van der Waals surface area (Å²) in [5.41, 5.74) is 0.754. The van der Waals surface area contributed by atoms with Gasteiger partial charge in [-0.3, -0.25) is 4.90 Å². The molecule has 1 aromatic carbocycles. The molecule has 2 aliphatic rings. The van der Waals surface area contributed by atoms with Gasteiger partial charge in [0.2, 0.25) is 0 Å². The predicted molar refractivity (Wildman–Crippen MR) is 94.0 cm³/mol. The number of halogens is 1. The largest absolute Gasteiger partial charge is 0.322 e. The smallest absolute Gasteiger partial charge is 0.321 e. The first-order chi connectivity index (χ1) is 10.7. The second-order valence-electron chi connectivity index (χ2n) is 5.81. The van der Waals surface area contributed by atoms with Crippen molar-refractivity contribution in [1.82, 2.24) is 9.80 Å². The van der Waals surface area contributed by atoms with Gasteiger partial charge in [-0.05, 0) is 42.5 Å². The number of thioether (sulfide) groups is 1. The van der Waals surface area contributed by atoms with Crippen LogP contribution in [0.15, 0.2) is 24.3 Å². The molecule has 6 heteroatoms. The van der Waals surface area contributed by atoms with E-state index in [4.69, 9.17) is 11.6 Å². The molecule has 4 nitrogen and oxygen atoms in total. The first kappa shape index (κ1) is 16.0. The number of hydrogen-bond donors (Lipinski definition) is 1. The lowest BCUT2D eigenvalue weighted by molar-refractivity contribution is 0.108. The van der Waals surface area contributed by atoms with E-state index < -0.39 is 0 Å². The molecule has 120 valence electrons. The number of amides is 2. The number of nitrogens with one attached hydrogen (secondary N) is 1. The van der Waals surface area contributed by atoms with E-state index in [9.17, 15) is 4.79 Å². The van der Waals surface area contributed by atoms with Gasteiger partial charge >= 0.3 is 6.03 Å². The standard InChI is InChI=1S/C16H22ClN3OS/c17-13-2-1-3-14(12-13)18-16(21)20-8-6-19(7-9-20)15-4-10-22-11-5-15/h1-3,12,15H,4-11H2,(H,18,21). The first-order valence-corrected chi connectivity index (χ1v) is 9.39. The van der Waals surface area contributed by atoms with E-state index in [2.05, 4.69) is 22.0 Å². The van der Waals surface area contributed by atoms with Crippen LogP contribution >= 0.6 is 23.4 Å². The Bertz CT molecular complexity index is 514. The summed E-state index contributed by atoms with van der Waals surface area (Å²) in [6, 6.07) is 7.98. The highest BCUT2D eigenvalue weighted by molar-refractivity contribution is 7.99. The maximum Gasteiger partial charge on any atom is 0.321 e. The van der Waals surface area contributed by atoms with Crippen LogP contribution in [-0.4, -0.2) is 59.6 Å². The normalized spacial score (nSPS) is 20.9. The van der Waals surface area contributed by atoms with E-state index in [1.807, 2.05) is 17.0 Å². The van der Waals surface area contributed by atoms with Crippen molar-refractivity contribution in [2.24, 2.45) is 0 Å². The van der Waals surface area contributed by atoms with Gasteiger partial charge in [0.15, 0.2) is 0 Å². The van der Waals surface area contributed by atoms with Crippen molar-refractivity contribution in [3.63, 3.8) is 0 Å². The number of carbonyl (C=O) groups is 1. The van der Waals surface area contributed by atoms with Crippen LogP contribution in [0.4, 0.5) is 10.5 Å². The third kappa shape index (κ3) is 4.09. The molecule has 2 saturated heterocycles. The molecular weight excluding hydrogens is 318 g/mol. The van der Waals surface area contributed by atoms with Crippen molar-refractivity contribution in [2.75, 3.05) is 43.0 Å². The molecule has 1 N–H and O–H groups in total. The molecule has 3 rings (SSSR count).